The van der Waals surface area contributed by atoms with Crippen LogP contribution < -0.4 is 11.3 Å². The topological polar surface area (TPSA) is 73.1 Å². The highest BCUT2D eigenvalue weighted by Gasteiger charge is 2.17. The third-order valence-corrected chi connectivity index (χ3v) is 5.31. The molecule has 3 N–H and O–H groups in total. The molecule has 1 saturated carbocycles. The molecule has 0 amide bonds. The van der Waals surface area contributed by atoms with Gasteiger partial charge in [0.1, 0.15) is 11.4 Å². The first-order valence-corrected chi connectivity index (χ1v) is 8.35. The van der Waals surface area contributed by atoms with Crippen molar-refractivity contribution in [2.24, 2.45) is 5.84 Å². The first-order valence-electron chi connectivity index (χ1n) is 7.54. The predicted molar refractivity (Wildman–Crippen MR) is 86.4 cm³/mol. The highest BCUT2D eigenvalue weighted by molar-refractivity contribution is 7.18. The molecule has 0 spiro atoms. The van der Waals surface area contributed by atoms with Crippen molar-refractivity contribution in [3.05, 3.63) is 16.3 Å². The minimum absolute atomic E-state index is 0.360. The maximum atomic E-state index is 5.97. The standard InChI is InChI=1S/C15H22N4OS/c1-9-10(2)21-15-13(9)14(19-16)17-12(18-15)8-20-11-6-4-3-5-7-11/h11H,3-8,16H2,1-2H3,(H,17,18,19). The van der Waals surface area contributed by atoms with Gasteiger partial charge in [-0.05, 0) is 32.3 Å². The lowest BCUT2D eigenvalue weighted by atomic mass is 9.98. The van der Waals surface area contributed by atoms with E-state index in [1.165, 1.54) is 29.7 Å². The fourth-order valence-corrected chi connectivity index (χ4v) is 3.94. The summed E-state index contributed by atoms with van der Waals surface area (Å²) < 4.78 is 5.97. The number of ether oxygens (including phenoxy) is 1. The number of thiophene rings is 1. The van der Waals surface area contributed by atoms with E-state index in [0.717, 1.165) is 23.1 Å². The Bertz CT molecular complexity index is 634. The van der Waals surface area contributed by atoms with Crippen molar-refractivity contribution in [3.63, 3.8) is 0 Å². The molecule has 2 aromatic rings. The van der Waals surface area contributed by atoms with Gasteiger partial charge in [-0.3, -0.25) is 0 Å². The molecule has 114 valence electrons. The van der Waals surface area contributed by atoms with E-state index in [2.05, 4.69) is 29.2 Å². The van der Waals surface area contributed by atoms with Crippen molar-refractivity contribution in [2.75, 3.05) is 5.43 Å². The minimum atomic E-state index is 0.360. The molecule has 21 heavy (non-hydrogen) atoms. The number of hydrogen-bond donors (Lipinski definition) is 2. The number of nitrogens with one attached hydrogen (secondary N) is 1. The Morgan fingerprint density at radius 2 is 2.00 bits per heavy atom. The molecule has 0 radical (unpaired) electrons. The summed E-state index contributed by atoms with van der Waals surface area (Å²) in [6, 6.07) is 0. The summed E-state index contributed by atoms with van der Waals surface area (Å²) >= 11 is 1.68. The van der Waals surface area contributed by atoms with Crippen LogP contribution in [0.3, 0.4) is 0 Å². The molecule has 2 heterocycles. The number of nitrogens with zero attached hydrogens (tertiary/aromatic N) is 2. The summed E-state index contributed by atoms with van der Waals surface area (Å²) in [5.74, 6) is 7.03. The SMILES string of the molecule is Cc1sc2nc(COC3CCCCC3)nc(NN)c2c1C. The van der Waals surface area contributed by atoms with Crippen LogP contribution in [0.25, 0.3) is 10.2 Å². The van der Waals surface area contributed by atoms with Crippen molar-refractivity contribution in [2.45, 2.75) is 58.7 Å². The number of anilines is 1. The van der Waals surface area contributed by atoms with Gasteiger partial charge in [-0.1, -0.05) is 19.3 Å². The molecule has 5 nitrogen and oxygen atoms in total. The summed E-state index contributed by atoms with van der Waals surface area (Å²) in [4.78, 5) is 11.4. The average Bonchev–Trinajstić information content (AvgIpc) is 2.80. The summed E-state index contributed by atoms with van der Waals surface area (Å²) in [7, 11) is 0. The molecule has 2 aromatic heterocycles. The lowest BCUT2D eigenvalue weighted by Crippen LogP contribution is -2.17. The van der Waals surface area contributed by atoms with E-state index in [1.54, 1.807) is 11.3 Å². The van der Waals surface area contributed by atoms with Crippen LogP contribution >= 0.6 is 11.3 Å². The maximum Gasteiger partial charge on any atom is 0.158 e. The van der Waals surface area contributed by atoms with E-state index >= 15 is 0 Å². The van der Waals surface area contributed by atoms with E-state index < -0.39 is 0 Å². The molecule has 1 fully saturated rings. The van der Waals surface area contributed by atoms with Crippen LogP contribution in [-0.2, 0) is 11.3 Å². The number of nitrogen functional groups attached to an aromatic ring is 1. The Morgan fingerprint density at radius 3 is 2.71 bits per heavy atom. The van der Waals surface area contributed by atoms with E-state index in [4.69, 9.17) is 10.6 Å². The van der Waals surface area contributed by atoms with Gasteiger partial charge >= 0.3 is 0 Å². The molecule has 0 bridgehead atoms. The van der Waals surface area contributed by atoms with Crippen LogP contribution in [0, 0.1) is 13.8 Å². The van der Waals surface area contributed by atoms with Crippen molar-refractivity contribution in [1.29, 1.82) is 0 Å². The van der Waals surface area contributed by atoms with Crippen molar-refractivity contribution in [1.82, 2.24) is 9.97 Å². The van der Waals surface area contributed by atoms with Crippen LogP contribution in [0.15, 0.2) is 0 Å². The van der Waals surface area contributed by atoms with Crippen LogP contribution in [0.1, 0.15) is 48.4 Å². The lowest BCUT2D eigenvalue weighted by Gasteiger charge is -2.21. The fraction of sp³-hybridized carbons (Fsp3) is 0.600. The highest BCUT2D eigenvalue weighted by atomic mass is 32.1. The second-order valence-corrected chi connectivity index (χ2v) is 6.87. The predicted octanol–water partition coefficient (Wildman–Crippen LogP) is 3.44. The maximum absolute atomic E-state index is 5.97. The van der Waals surface area contributed by atoms with Gasteiger partial charge in [0.2, 0.25) is 0 Å². The lowest BCUT2D eigenvalue weighted by molar-refractivity contribution is 0.0137. The van der Waals surface area contributed by atoms with Crippen LogP contribution in [0.5, 0.6) is 0 Å². The Morgan fingerprint density at radius 1 is 1.24 bits per heavy atom. The van der Waals surface area contributed by atoms with Crippen molar-refractivity contribution < 1.29 is 4.74 Å². The summed E-state index contributed by atoms with van der Waals surface area (Å²) in [6.07, 6.45) is 6.53. The summed E-state index contributed by atoms with van der Waals surface area (Å²) in [6.45, 7) is 4.64. The molecule has 1 aliphatic rings. The van der Waals surface area contributed by atoms with E-state index in [-0.39, 0.29) is 0 Å². The Balaban J connectivity index is 1.82. The molecule has 0 aliphatic heterocycles. The van der Waals surface area contributed by atoms with Crippen molar-refractivity contribution in [3.8, 4) is 0 Å². The van der Waals surface area contributed by atoms with E-state index in [1.807, 2.05) is 0 Å². The van der Waals surface area contributed by atoms with Crippen molar-refractivity contribution >= 4 is 27.4 Å². The van der Waals surface area contributed by atoms with E-state index in [9.17, 15) is 0 Å². The van der Waals surface area contributed by atoms with Gasteiger partial charge in [0.05, 0.1) is 11.5 Å². The Kier molecular flexibility index (Phi) is 4.37. The summed E-state index contributed by atoms with van der Waals surface area (Å²) in [5.41, 5.74) is 3.90. The number of rotatable bonds is 4. The smallest absolute Gasteiger partial charge is 0.158 e. The van der Waals surface area contributed by atoms with Gasteiger partial charge in [-0.25, -0.2) is 15.8 Å². The van der Waals surface area contributed by atoms with Gasteiger partial charge in [-0.15, -0.1) is 11.3 Å². The number of nitrogens with two attached hydrogens (primary N) is 1. The first kappa shape index (κ1) is 14.7. The number of fused-ring (bicyclic) bond motifs is 1. The van der Waals surface area contributed by atoms with Gasteiger partial charge < -0.3 is 10.2 Å². The zero-order chi connectivity index (χ0) is 14.8. The molecule has 0 aromatic carbocycles. The third kappa shape index (κ3) is 3.02. The minimum Gasteiger partial charge on any atom is -0.370 e. The molecular weight excluding hydrogens is 284 g/mol. The largest absolute Gasteiger partial charge is 0.370 e. The zero-order valence-electron chi connectivity index (χ0n) is 12.6. The van der Waals surface area contributed by atoms with Gasteiger partial charge in [-0.2, -0.15) is 0 Å². The molecule has 0 unspecified atom stereocenters. The fourth-order valence-electron chi connectivity index (χ4n) is 2.89. The van der Waals surface area contributed by atoms with Gasteiger partial charge in [0.25, 0.3) is 0 Å². The van der Waals surface area contributed by atoms with Gasteiger partial charge in [0.15, 0.2) is 11.6 Å². The molecule has 0 atom stereocenters. The molecule has 3 rings (SSSR count). The number of hydrogen-bond acceptors (Lipinski definition) is 6. The normalized spacial score (nSPS) is 16.5. The second kappa shape index (κ2) is 6.25. The highest BCUT2D eigenvalue weighted by Crippen LogP contribution is 2.33. The van der Waals surface area contributed by atoms with Crippen LogP contribution in [0.4, 0.5) is 5.82 Å². The molecule has 6 heteroatoms. The number of aryl methyl sites for hydroxylation is 2. The summed E-state index contributed by atoms with van der Waals surface area (Å²) in [5, 5.41) is 1.03. The first-order chi connectivity index (χ1) is 10.2. The Hall–Kier alpha value is -1.24. The Labute approximate surface area is 128 Å². The number of hydrazine groups is 1. The molecule has 0 saturated heterocycles. The van der Waals surface area contributed by atoms with Gasteiger partial charge in [0, 0.05) is 4.88 Å². The molecular formula is C15H22N4OS. The second-order valence-electron chi connectivity index (χ2n) is 5.67. The quantitative estimate of drug-likeness (QED) is 0.668. The van der Waals surface area contributed by atoms with E-state index in [0.29, 0.717) is 24.4 Å². The molecule has 1 aliphatic carbocycles. The van der Waals surface area contributed by atoms with Crippen LogP contribution in [-0.4, -0.2) is 16.1 Å². The third-order valence-electron chi connectivity index (χ3n) is 4.21. The average molecular weight is 306 g/mol. The zero-order valence-corrected chi connectivity index (χ0v) is 13.4. The number of aromatic nitrogens is 2. The van der Waals surface area contributed by atoms with Crippen LogP contribution in [0.2, 0.25) is 0 Å². The monoisotopic (exact) mass is 306 g/mol.